The normalized spacial score (nSPS) is 13.6. The predicted octanol–water partition coefficient (Wildman–Crippen LogP) is 5.49. The fourth-order valence-electron chi connectivity index (χ4n) is 2.51. The number of hydrogen-bond donors (Lipinski definition) is 1. The summed E-state index contributed by atoms with van der Waals surface area (Å²) in [6.07, 6.45) is -4.93. The number of halogens is 4. The second-order valence-corrected chi connectivity index (χ2v) is 5.35. The first-order valence-corrected chi connectivity index (χ1v) is 7.27. The van der Waals surface area contributed by atoms with Crippen molar-refractivity contribution in [2.75, 3.05) is 6.54 Å². The van der Waals surface area contributed by atoms with Gasteiger partial charge in [-0.15, -0.1) is 0 Å². The second kappa shape index (κ2) is 6.67. The van der Waals surface area contributed by atoms with Crippen molar-refractivity contribution < 1.29 is 13.2 Å². The number of fused-ring (bicyclic) bond motifs is 1. The molecule has 0 heterocycles. The van der Waals surface area contributed by atoms with Gasteiger partial charge in [0.1, 0.15) is 0 Å². The van der Waals surface area contributed by atoms with Gasteiger partial charge in [0.25, 0.3) is 0 Å². The first kappa shape index (κ1) is 16.1. The van der Waals surface area contributed by atoms with Crippen LogP contribution in [0.25, 0.3) is 10.8 Å². The Morgan fingerprint density at radius 3 is 2.38 bits per heavy atom. The van der Waals surface area contributed by atoms with Gasteiger partial charge in [0.2, 0.25) is 0 Å². The molecule has 2 aromatic carbocycles. The molecule has 0 saturated carbocycles. The van der Waals surface area contributed by atoms with Crippen molar-refractivity contribution in [3.63, 3.8) is 0 Å². The minimum absolute atomic E-state index is 0.0168. The van der Waals surface area contributed by atoms with E-state index >= 15 is 0 Å². The summed E-state index contributed by atoms with van der Waals surface area (Å²) >= 11 is 6.16. The number of nitrogens with one attached hydrogen (secondary N) is 1. The summed E-state index contributed by atoms with van der Waals surface area (Å²) in [4.78, 5) is 0. The van der Waals surface area contributed by atoms with Crippen LogP contribution in [0.2, 0.25) is 5.02 Å². The molecule has 0 radical (unpaired) electrons. The maximum absolute atomic E-state index is 12.5. The van der Waals surface area contributed by atoms with Gasteiger partial charge >= 0.3 is 6.18 Å². The lowest BCUT2D eigenvalue weighted by Gasteiger charge is -2.21. The second-order valence-electron chi connectivity index (χ2n) is 4.95. The third kappa shape index (κ3) is 4.11. The van der Waals surface area contributed by atoms with Crippen LogP contribution in [0.3, 0.4) is 0 Å². The zero-order valence-electron chi connectivity index (χ0n) is 11.7. The molecule has 114 valence electrons. The fourth-order valence-corrected chi connectivity index (χ4v) is 2.74. The van der Waals surface area contributed by atoms with Gasteiger partial charge in [-0.25, -0.2) is 0 Å². The molecule has 0 aliphatic carbocycles. The molecule has 0 saturated heterocycles. The highest BCUT2D eigenvalue weighted by Gasteiger charge is 2.29. The third-order valence-electron chi connectivity index (χ3n) is 3.45. The van der Waals surface area contributed by atoms with E-state index in [1.54, 1.807) is 6.07 Å². The van der Waals surface area contributed by atoms with E-state index < -0.39 is 12.6 Å². The van der Waals surface area contributed by atoms with Crippen molar-refractivity contribution in [3.05, 3.63) is 47.0 Å². The van der Waals surface area contributed by atoms with Gasteiger partial charge in [-0.3, -0.25) is 0 Å². The van der Waals surface area contributed by atoms with Crippen LogP contribution in [0.4, 0.5) is 13.2 Å². The summed E-state index contributed by atoms with van der Waals surface area (Å²) < 4.78 is 37.5. The third-order valence-corrected chi connectivity index (χ3v) is 3.78. The molecule has 0 spiro atoms. The molecule has 0 aliphatic rings. The molecule has 0 aromatic heterocycles. The molecule has 5 heteroatoms. The van der Waals surface area contributed by atoms with Gasteiger partial charge in [0, 0.05) is 22.9 Å². The monoisotopic (exact) mass is 315 g/mol. The van der Waals surface area contributed by atoms with Crippen molar-refractivity contribution in [1.82, 2.24) is 5.32 Å². The maximum atomic E-state index is 12.5. The molecule has 1 nitrogen and oxygen atoms in total. The van der Waals surface area contributed by atoms with E-state index in [-0.39, 0.29) is 12.5 Å². The molecule has 2 aromatic rings. The van der Waals surface area contributed by atoms with Gasteiger partial charge in [0.15, 0.2) is 0 Å². The molecule has 0 bridgehead atoms. The quantitative estimate of drug-likeness (QED) is 0.769. The van der Waals surface area contributed by atoms with Crippen LogP contribution in [0.1, 0.15) is 31.4 Å². The molecule has 2 rings (SSSR count). The largest absolute Gasteiger partial charge is 0.389 e. The minimum Gasteiger partial charge on any atom is -0.310 e. The van der Waals surface area contributed by atoms with Gasteiger partial charge in [0.05, 0.1) is 0 Å². The Morgan fingerprint density at radius 1 is 1.10 bits per heavy atom. The fraction of sp³-hybridized carbons (Fsp3) is 0.375. The Bertz CT molecular complexity index is 610. The van der Waals surface area contributed by atoms with Crippen LogP contribution in [0.15, 0.2) is 36.4 Å². The highest BCUT2D eigenvalue weighted by Crippen LogP contribution is 2.33. The van der Waals surface area contributed by atoms with Crippen molar-refractivity contribution in [2.45, 2.75) is 32.0 Å². The van der Waals surface area contributed by atoms with E-state index in [9.17, 15) is 13.2 Å². The van der Waals surface area contributed by atoms with E-state index in [0.29, 0.717) is 11.6 Å². The number of benzene rings is 2. The van der Waals surface area contributed by atoms with Crippen LogP contribution in [0, 0.1) is 0 Å². The molecule has 21 heavy (non-hydrogen) atoms. The summed E-state index contributed by atoms with van der Waals surface area (Å²) in [5.41, 5.74) is 0.862. The summed E-state index contributed by atoms with van der Waals surface area (Å²) in [5, 5.41) is 5.52. The topological polar surface area (TPSA) is 12.0 Å². The van der Waals surface area contributed by atoms with E-state index in [0.717, 1.165) is 16.3 Å². The van der Waals surface area contributed by atoms with Gasteiger partial charge in [-0.1, -0.05) is 48.9 Å². The van der Waals surface area contributed by atoms with Crippen molar-refractivity contribution in [1.29, 1.82) is 0 Å². The van der Waals surface area contributed by atoms with Crippen LogP contribution in [0.5, 0.6) is 0 Å². The van der Waals surface area contributed by atoms with Crippen LogP contribution < -0.4 is 5.32 Å². The summed E-state index contributed by atoms with van der Waals surface area (Å²) in [5.74, 6) is 0. The van der Waals surface area contributed by atoms with E-state index in [1.807, 2.05) is 37.3 Å². The predicted molar refractivity (Wildman–Crippen MR) is 80.7 cm³/mol. The minimum atomic E-state index is -4.14. The summed E-state index contributed by atoms with van der Waals surface area (Å²) in [6.45, 7) is 2.50. The molecule has 1 unspecified atom stereocenters. The summed E-state index contributed by atoms with van der Waals surface area (Å²) in [6, 6.07) is 10.7. The highest BCUT2D eigenvalue weighted by molar-refractivity contribution is 6.35. The number of alkyl halides is 3. The highest BCUT2D eigenvalue weighted by atomic mass is 35.5. The zero-order valence-corrected chi connectivity index (χ0v) is 12.4. The Hall–Kier alpha value is -1.26. The lowest BCUT2D eigenvalue weighted by atomic mass is 9.95. The molecule has 0 fully saturated rings. The van der Waals surface area contributed by atoms with E-state index in [2.05, 4.69) is 5.32 Å². The SMILES string of the molecule is CCNC(CCC(F)(F)F)c1ccc(Cl)c2ccccc12. The lowest BCUT2D eigenvalue weighted by Crippen LogP contribution is -2.23. The van der Waals surface area contributed by atoms with E-state index in [4.69, 9.17) is 11.6 Å². The van der Waals surface area contributed by atoms with Crippen LogP contribution in [-0.4, -0.2) is 12.7 Å². The Morgan fingerprint density at radius 2 is 1.76 bits per heavy atom. The Balaban J connectivity index is 2.38. The molecule has 1 N–H and O–H groups in total. The lowest BCUT2D eigenvalue weighted by molar-refractivity contribution is -0.136. The molecule has 0 aliphatic heterocycles. The van der Waals surface area contributed by atoms with Gasteiger partial charge in [-0.2, -0.15) is 13.2 Å². The summed E-state index contributed by atoms with van der Waals surface area (Å²) in [7, 11) is 0. The smallest absolute Gasteiger partial charge is 0.310 e. The average molecular weight is 316 g/mol. The first-order valence-electron chi connectivity index (χ1n) is 6.89. The molecular weight excluding hydrogens is 299 g/mol. The standard InChI is InChI=1S/C16H17ClF3N/c1-2-21-15(9-10-16(18,19)20)13-7-8-14(17)12-6-4-3-5-11(12)13/h3-8,15,21H,2,9-10H2,1H3. The molecular formula is C16H17ClF3N. The Labute approximate surface area is 127 Å². The molecule has 1 atom stereocenters. The maximum Gasteiger partial charge on any atom is 0.389 e. The average Bonchev–Trinajstić information content (AvgIpc) is 2.44. The van der Waals surface area contributed by atoms with Crippen LogP contribution in [-0.2, 0) is 0 Å². The first-order chi connectivity index (χ1) is 9.92. The van der Waals surface area contributed by atoms with Gasteiger partial charge in [-0.05, 0) is 30.0 Å². The number of hydrogen-bond acceptors (Lipinski definition) is 1. The zero-order chi connectivity index (χ0) is 15.5. The number of rotatable bonds is 5. The van der Waals surface area contributed by atoms with Crippen molar-refractivity contribution in [3.8, 4) is 0 Å². The van der Waals surface area contributed by atoms with Gasteiger partial charge < -0.3 is 5.32 Å². The van der Waals surface area contributed by atoms with E-state index in [1.165, 1.54) is 0 Å². The Kier molecular flexibility index (Phi) is 5.12. The van der Waals surface area contributed by atoms with Crippen molar-refractivity contribution >= 4 is 22.4 Å². The van der Waals surface area contributed by atoms with Crippen LogP contribution >= 0.6 is 11.6 Å². The van der Waals surface area contributed by atoms with Crippen molar-refractivity contribution in [2.24, 2.45) is 0 Å². The molecule has 0 amide bonds.